The molecule has 0 aliphatic carbocycles. The first-order valence-corrected chi connectivity index (χ1v) is 11.5. The lowest BCUT2D eigenvalue weighted by Gasteiger charge is -2.19. The lowest BCUT2D eigenvalue weighted by Crippen LogP contribution is -2.22. The molecule has 9 heteroatoms. The number of fused-ring (bicyclic) bond motifs is 1. The van der Waals surface area contributed by atoms with Crippen LogP contribution in [0.25, 0.3) is 33.6 Å². The van der Waals surface area contributed by atoms with E-state index in [4.69, 9.17) is 9.15 Å². The van der Waals surface area contributed by atoms with E-state index in [1.807, 2.05) is 23.1 Å². The molecule has 4 aromatic rings. The quantitative estimate of drug-likeness (QED) is 0.405. The Morgan fingerprint density at radius 2 is 2.06 bits per heavy atom. The van der Waals surface area contributed by atoms with E-state index in [9.17, 15) is 14.4 Å². The Balaban J connectivity index is 1.56. The summed E-state index contributed by atoms with van der Waals surface area (Å²) in [4.78, 5) is 24.5. The Morgan fingerprint density at radius 1 is 1.22 bits per heavy atom. The molecule has 8 nitrogen and oxygen atoms in total. The SMILES string of the molecule is COc1nc(C(=O)N(C)C)ccc1-c1cc2nccc(-c3ccc(N4CC[C@H](F)C4)c(C#N)c3)c2o1. The van der Waals surface area contributed by atoms with Crippen LogP contribution < -0.4 is 9.64 Å². The molecule has 1 atom stereocenters. The van der Waals surface area contributed by atoms with Gasteiger partial charge in [-0.1, -0.05) is 6.07 Å². The zero-order valence-corrected chi connectivity index (χ0v) is 20.2. The molecule has 1 aliphatic heterocycles. The number of aromatic nitrogens is 2. The van der Waals surface area contributed by atoms with Crippen molar-refractivity contribution in [2.24, 2.45) is 0 Å². The number of furan rings is 1. The number of ether oxygens (including phenoxy) is 1. The van der Waals surface area contributed by atoms with Crippen molar-refractivity contribution < 1.29 is 18.3 Å². The minimum Gasteiger partial charge on any atom is -0.480 e. The van der Waals surface area contributed by atoms with E-state index in [2.05, 4.69) is 16.0 Å². The number of nitriles is 1. The first-order chi connectivity index (χ1) is 17.4. The molecule has 0 bridgehead atoms. The summed E-state index contributed by atoms with van der Waals surface area (Å²) in [6.07, 6.45) is 1.27. The van der Waals surface area contributed by atoms with Crippen LogP contribution in [0.15, 0.2) is 53.1 Å². The fourth-order valence-electron chi connectivity index (χ4n) is 4.44. The number of benzene rings is 1. The van der Waals surface area contributed by atoms with Gasteiger partial charge in [0.15, 0.2) is 5.58 Å². The second kappa shape index (κ2) is 9.30. The highest BCUT2D eigenvalue weighted by molar-refractivity contribution is 5.95. The second-order valence-electron chi connectivity index (χ2n) is 8.81. The Morgan fingerprint density at radius 3 is 2.75 bits per heavy atom. The van der Waals surface area contributed by atoms with Crippen molar-refractivity contribution in [1.29, 1.82) is 5.26 Å². The third kappa shape index (κ3) is 4.11. The fourth-order valence-corrected chi connectivity index (χ4v) is 4.44. The van der Waals surface area contributed by atoms with Gasteiger partial charge in [0, 0.05) is 45.0 Å². The van der Waals surface area contributed by atoms with Crippen molar-refractivity contribution in [2.45, 2.75) is 12.6 Å². The standard InChI is InChI=1S/C27H24FN5O3/c1-32(2)27(34)21-6-5-20(26(31-21)35-3)24-13-22-25(36-24)19(8-10-30-22)16-4-7-23(17(12-16)14-29)33-11-9-18(28)15-33/h4-8,10,12-13,18H,9,11,15H2,1-3H3/t18-/m0/s1. The number of anilines is 1. The summed E-state index contributed by atoms with van der Waals surface area (Å²) in [5.74, 6) is 0.513. The summed E-state index contributed by atoms with van der Waals surface area (Å²) in [5, 5.41) is 9.78. The van der Waals surface area contributed by atoms with Crippen LogP contribution >= 0.6 is 0 Å². The molecule has 1 amide bonds. The minimum absolute atomic E-state index is 0.235. The third-order valence-electron chi connectivity index (χ3n) is 6.26. The maximum atomic E-state index is 13.7. The van der Waals surface area contributed by atoms with Gasteiger partial charge in [0.2, 0.25) is 5.88 Å². The second-order valence-corrected chi connectivity index (χ2v) is 8.81. The molecule has 36 heavy (non-hydrogen) atoms. The number of nitrogens with zero attached hydrogens (tertiary/aromatic N) is 5. The topological polar surface area (TPSA) is 95.5 Å². The van der Waals surface area contributed by atoms with Crippen molar-refractivity contribution in [3.8, 4) is 34.4 Å². The van der Waals surface area contributed by atoms with Gasteiger partial charge in [-0.25, -0.2) is 9.37 Å². The van der Waals surface area contributed by atoms with Crippen LogP contribution in [0.2, 0.25) is 0 Å². The number of carbonyl (C=O) groups is 1. The summed E-state index contributed by atoms with van der Waals surface area (Å²) >= 11 is 0. The molecule has 1 fully saturated rings. The van der Waals surface area contributed by atoms with Gasteiger partial charge in [0.05, 0.1) is 23.9 Å². The van der Waals surface area contributed by atoms with E-state index in [1.165, 1.54) is 12.0 Å². The number of carbonyl (C=O) groups excluding carboxylic acids is 1. The molecule has 1 aromatic carbocycles. The molecule has 0 unspecified atom stereocenters. The number of hydrogen-bond acceptors (Lipinski definition) is 7. The highest BCUT2D eigenvalue weighted by Crippen LogP contribution is 2.38. The molecule has 0 radical (unpaired) electrons. The molecule has 4 heterocycles. The first kappa shape index (κ1) is 23.3. The summed E-state index contributed by atoms with van der Waals surface area (Å²) < 4.78 is 25.4. The van der Waals surface area contributed by atoms with Gasteiger partial charge in [0.1, 0.15) is 29.2 Å². The highest BCUT2D eigenvalue weighted by atomic mass is 19.1. The van der Waals surface area contributed by atoms with Gasteiger partial charge in [0.25, 0.3) is 5.91 Å². The van der Waals surface area contributed by atoms with Crippen LogP contribution in [0.5, 0.6) is 5.88 Å². The van der Waals surface area contributed by atoms with Crippen LogP contribution in [0.4, 0.5) is 10.1 Å². The number of alkyl halides is 1. The Labute approximate surface area is 207 Å². The number of pyridine rings is 2. The van der Waals surface area contributed by atoms with Crippen LogP contribution in [-0.4, -0.2) is 61.2 Å². The average Bonchev–Trinajstić information content (AvgIpc) is 3.53. The number of halogens is 1. The van der Waals surface area contributed by atoms with E-state index in [-0.39, 0.29) is 17.5 Å². The third-order valence-corrected chi connectivity index (χ3v) is 6.26. The van der Waals surface area contributed by atoms with E-state index < -0.39 is 6.17 Å². The molecule has 0 spiro atoms. The number of hydrogen-bond donors (Lipinski definition) is 0. The summed E-state index contributed by atoms with van der Waals surface area (Å²) in [6, 6.07) is 14.8. The number of methoxy groups -OCH3 is 1. The van der Waals surface area contributed by atoms with Crippen LogP contribution in [-0.2, 0) is 0 Å². The predicted molar refractivity (Wildman–Crippen MR) is 134 cm³/mol. The monoisotopic (exact) mass is 485 g/mol. The Kier molecular flexibility index (Phi) is 6.02. The first-order valence-electron chi connectivity index (χ1n) is 11.5. The van der Waals surface area contributed by atoms with Crippen molar-refractivity contribution in [1.82, 2.24) is 14.9 Å². The zero-order valence-electron chi connectivity index (χ0n) is 20.2. The average molecular weight is 486 g/mol. The molecule has 0 N–H and O–H groups in total. The van der Waals surface area contributed by atoms with Crippen molar-refractivity contribution in [2.75, 3.05) is 39.2 Å². The molecule has 1 saturated heterocycles. The summed E-state index contributed by atoms with van der Waals surface area (Å²) in [5.41, 5.74) is 4.78. The molecular formula is C27H24FN5O3. The fraction of sp³-hybridized carbons (Fsp3) is 0.259. The number of rotatable bonds is 5. The number of amides is 1. The van der Waals surface area contributed by atoms with Gasteiger partial charge in [-0.15, -0.1) is 0 Å². The molecule has 0 saturated carbocycles. The van der Waals surface area contributed by atoms with E-state index in [0.29, 0.717) is 47.5 Å². The van der Waals surface area contributed by atoms with Gasteiger partial charge in [-0.05, 0) is 42.3 Å². The zero-order chi connectivity index (χ0) is 25.4. The van der Waals surface area contributed by atoms with E-state index in [1.54, 1.807) is 44.6 Å². The van der Waals surface area contributed by atoms with Crippen molar-refractivity contribution >= 4 is 22.7 Å². The largest absolute Gasteiger partial charge is 0.480 e. The van der Waals surface area contributed by atoms with Crippen molar-refractivity contribution in [3.63, 3.8) is 0 Å². The predicted octanol–water partition coefficient (Wildman–Crippen LogP) is 4.69. The van der Waals surface area contributed by atoms with Gasteiger partial charge < -0.3 is 19.0 Å². The molecule has 1 aliphatic rings. The van der Waals surface area contributed by atoms with Crippen LogP contribution in [0.3, 0.4) is 0 Å². The van der Waals surface area contributed by atoms with Gasteiger partial charge in [-0.3, -0.25) is 9.78 Å². The van der Waals surface area contributed by atoms with E-state index >= 15 is 0 Å². The summed E-state index contributed by atoms with van der Waals surface area (Å²) in [6.45, 7) is 0.884. The highest BCUT2D eigenvalue weighted by Gasteiger charge is 2.24. The maximum Gasteiger partial charge on any atom is 0.272 e. The maximum absolute atomic E-state index is 13.7. The van der Waals surface area contributed by atoms with E-state index in [0.717, 1.165) is 16.8 Å². The molecule has 3 aromatic heterocycles. The smallest absolute Gasteiger partial charge is 0.272 e. The molecule has 5 rings (SSSR count). The molecule has 182 valence electrons. The lowest BCUT2D eigenvalue weighted by molar-refractivity contribution is 0.0821. The Bertz CT molecular complexity index is 1510. The Hall–Kier alpha value is -4.45. The molecular weight excluding hydrogens is 461 g/mol. The van der Waals surface area contributed by atoms with Gasteiger partial charge >= 0.3 is 0 Å². The normalized spacial score (nSPS) is 15.2. The lowest BCUT2D eigenvalue weighted by atomic mass is 10.0. The summed E-state index contributed by atoms with van der Waals surface area (Å²) in [7, 11) is 4.80. The van der Waals surface area contributed by atoms with Crippen LogP contribution in [0.1, 0.15) is 22.5 Å². The van der Waals surface area contributed by atoms with Crippen molar-refractivity contribution in [3.05, 3.63) is 59.9 Å². The minimum atomic E-state index is -0.876. The van der Waals surface area contributed by atoms with Gasteiger partial charge in [-0.2, -0.15) is 5.26 Å². The van der Waals surface area contributed by atoms with Crippen LogP contribution in [0, 0.1) is 11.3 Å².